The first kappa shape index (κ1) is 11.7. The Morgan fingerprint density at radius 3 is 2.89 bits per heavy atom. The van der Waals surface area contributed by atoms with Crippen LogP contribution in [-0.4, -0.2) is 27.3 Å². The first-order valence-electron chi connectivity index (χ1n) is 5.46. The number of fused-ring (bicyclic) bond motifs is 1. The maximum atomic E-state index is 12.0. The van der Waals surface area contributed by atoms with Crippen molar-refractivity contribution in [2.45, 2.75) is 0 Å². The number of benzene rings is 1. The number of aromatic amines is 2. The van der Waals surface area contributed by atoms with Crippen LogP contribution in [-0.2, 0) is 0 Å². The van der Waals surface area contributed by atoms with Gasteiger partial charge in [-0.15, -0.1) is 0 Å². The molecule has 0 spiro atoms. The van der Waals surface area contributed by atoms with E-state index in [4.69, 9.17) is 16.3 Å². The summed E-state index contributed by atoms with van der Waals surface area (Å²) < 4.78 is 5.10. The van der Waals surface area contributed by atoms with Crippen molar-refractivity contribution in [3.63, 3.8) is 0 Å². The Morgan fingerprint density at radius 2 is 2.21 bits per heavy atom. The highest BCUT2D eigenvalue weighted by atomic mass is 35.5. The number of aromatic nitrogens is 4. The molecule has 0 aliphatic rings. The van der Waals surface area contributed by atoms with Gasteiger partial charge < -0.3 is 9.72 Å². The van der Waals surface area contributed by atoms with Crippen LogP contribution in [0.4, 0.5) is 0 Å². The third kappa shape index (κ3) is 1.96. The fourth-order valence-corrected chi connectivity index (χ4v) is 2.00. The third-order valence-corrected chi connectivity index (χ3v) is 3.04. The zero-order valence-electron chi connectivity index (χ0n) is 9.90. The van der Waals surface area contributed by atoms with Crippen molar-refractivity contribution in [2.24, 2.45) is 0 Å². The Morgan fingerprint density at radius 1 is 1.37 bits per heavy atom. The molecule has 2 N–H and O–H groups in total. The van der Waals surface area contributed by atoms with Gasteiger partial charge in [-0.1, -0.05) is 11.6 Å². The van der Waals surface area contributed by atoms with Crippen molar-refractivity contribution < 1.29 is 4.74 Å². The summed E-state index contributed by atoms with van der Waals surface area (Å²) in [4.78, 5) is 19.1. The minimum absolute atomic E-state index is 0.233. The number of ether oxygens (including phenoxy) is 1. The maximum Gasteiger partial charge on any atom is 0.275 e. The Hall–Kier alpha value is -2.34. The average Bonchev–Trinajstić information content (AvgIpc) is 2.83. The van der Waals surface area contributed by atoms with Crippen LogP contribution in [0.15, 0.2) is 29.2 Å². The number of nitrogens with one attached hydrogen (secondary N) is 2. The van der Waals surface area contributed by atoms with Gasteiger partial charge in [0.05, 0.1) is 29.9 Å². The van der Waals surface area contributed by atoms with Crippen molar-refractivity contribution in [1.29, 1.82) is 0 Å². The molecule has 1 aromatic carbocycles. The third-order valence-electron chi connectivity index (χ3n) is 2.75. The Kier molecular flexibility index (Phi) is 2.72. The van der Waals surface area contributed by atoms with Gasteiger partial charge in [-0.25, -0.2) is 4.98 Å². The smallest absolute Gasteiger partial charge is 0.275 e. The molecule has 0 fully saturated rings. The summed E-state index contributed by atoms with van der Waals surface area (Å²) in [5.41, 5.74) is 1.63. The highest BCUT2D eigenvalue weighted by Gasteiger charge is 2.12. The molecule has 7 heteroatoms. The normalized spacial score (nSPS) is 10.8. The molecule has 2 aromatic heterocycles. The van der Waals surface area contributed by atoms with E-state index in [0.717, 1.165) is 0 Å². The summed E-state index contributed by atoms with van der Waals surface area (Å²) in [7, 11) is 1.56. The number of nitrogens with zero attached hydrogens (tertiary/aromatic N) is 2. The number of methoxy groups -OCH3 is 1. The molecule has 19 heavy (non-hydrogen) atoms. The molecule has 0 saturated heterocycles. The lowest BCUT2D eigenvalue weighted by Crippen LogP contribution is -2.11. The van der Waals surface area contributed by atoms with Crippen molar-refractivity contribution >= 4 is 22.6 Å². The molecule has 0 saturated carbocycles. The number of hydrogen-bond donors (Lipinski definition) is 2. The van der Waals surface area contributed by atoms with Gasteiger partial charge in [0.1, 0.15) is 16.6 Å². The zero-order valence-corrected chi connectivity index (χ0v) is 10.7. The minimum Gasteiger partial charge on any atom is -0.497 e. The van der Waals surface area contributed by atoms with Gasteiger partial charge in [0.15, 0.2) is 0 Å². The van der Waals surface area contributed by atoms with Crippen LogP contribution in [0, 0.1) is 0 Å². The van der Waals surface area contributed by atoms with E-state index in [0.29, 0.717) is 22.3 Å². The SMILES string of the molecule is COc1ccc2nc(-c3cn[nH]c3Cl)c(=O)[nH]c2c1. The fraction of sp³-hybridized carbons (Fsp3) is 0.0833. The van der Waals surface area contributed by atoms with Crippen molar-refractivity contribution in [3.05, 3.63) is 39.9 Å². The van der Waals surface area contributed by atoms with E-state index in [1.54, 1.807) is 25.3 Å². The first-order chi connectivity index (χ1) is 9.19. The predicted octanol–water partition coefficient (Wildman–Crippen LogP) is 1.98. The molecule has 3 rings (SSSR count). The van der Waals surface area contributed by atoms with E-state index >= 15 is 0 Å². The van der Waals surface area contributed by atoms with Crippen molar-refractivity contribution in [1.82, 2.24) is 20.2 Å². The lowest BCUT2D eigenvalue weighted by atomic mass is 10.2. The molecule has 0 aliphatic carbocycles. The largest absolute Gasteiger partial charge is 0.497 e. The van der Waals surface area contributed by atoms with Crippen LogP contribution >= 0.6 is 11.6 Å². The van der Waals surface area contributed by atoms with E-state index in [1.165, 1.54) is 6.20 Å². The molecule has 0 radical (unpaired) electrons. The summed E-state index contributed by atoms with van der Waals surface area (Å²) >= 11 is 5.91. The summed E-state index contributed by atoms with van der Waals surface area (Å²) in [5, 5.41) is 6.62. The summed E-state index contributed by atoms with van der Waals surface area (Å²) in [6, 6.07) is 5.25. The van der Waals surface area contributed by atoms with E-state index < -0.39 is 0 Å². The van der Waals surface area contributed by atoms with Crippen molar-refractivity contribution in [3.8, 4) is 17.0 Å². The van der Waals surface area contributed by atoms with Gasteiger partial charge >= 0.3 is 0 Å². The fourth-order valence-electron chi connectivity index (χ4n) is 1.81. The molecule has 0 unspecified atom stereocenters. The first-order valence-corrected chi connectivity index (χ1v) is 5.84. The molecule has 0 atom stereocenters. The standard InChI is InChI=1S/C12H9ClN4O2/c1-19-6-2-3-8-9(4-6)16-12(18)10(15-8)7-5-14-17-11(7)13/h2-5H,1H3,(H,14,17)(H,16,18). The lowest BCUT2D eigenvalue weighted by molar-refractivity contribution is 0.415. The van der Waals surface area contributed by atoms with Crippen molar-refractivity contribution in [2.75, 3.05) is 7.11 Å². The molecule has 0 bridgehead atoms. The van der Waals surface area contributed by atoms with Crippen LogP contribution in [0.3, 0.4) is 0 Å². The zero-order chi connectivity index (χ0) is 13.4. The monoisotopic (exact) mass is 276 g/mol. The highest BCUT2D eigenvalue weighted by Crippen LogP contribution is 2.23. The van der Waals surface area contributed by atoms with Gasteiger partial charge in [-0.05, 0) is 12.1 Å². The Balaban J connectivity index is 2.26. The summed E-state index contributed by atoms with van der Waals surface area (Å²) in [5.74, 6) is 0.652. The average molecular weight is 277 g/mol. The van der Waals surface area contributed by atoms with Gasteiger partial charge in [0.25, 0.3) is 5.56 Å². The van der Waals surface area contributed by atoms with E-state index in [2.05, 4.69) is 20.2 Å². The number of rotatable bonds is 2. The number of halogens is 1. The molecule has 0 amide bonds. The number of H-pyrrole nitrogens is 2. The van der Waals surface area contributed by atoms with E-state index in [1.807, 2.05) is 0 Å². The second-order valence-electron chi connectivity index (χ2n) is 3.90. The van der Waals surface area contributed by atoms with Gasteiger partial charge in [-0.2, -0.15) is 5.10 Å². The van der Waals surface area contributed by atoms with Crippen LogP contribution in [0.2, 0.25) is 5.15 Å². The Bertz CT molecular complexity index is 809. The minimum atomic E-state index is -0.330. The summed E-state index contributed by atoms with van der Waals surface area (Å²) in [6.07, 6.45) is 1.47. The summed E-state index contributed by atoms with van der Waals surface area (Å²) in [6.45, 7) is 0. The van der Waals surface area contributed by atoms with Crippen LogP contribution in [0.1, 0.15) is 0 Å². The van der Waals surface area contributed by atoms with Crippen LogP contribution < -0.4 is 10.3 Å². The van der Waals surface area contributed by atoms with Crippen LogP contribution in [0.5, 0.6) is 5.75 Å². The molecule has 3 aromatic rings. The predicted molar refractivity (Wildman–Crippen MR) is 71.5 cm³/mol. The molecule has 96 valence electrons. The van der Waals surface area contributed by atoms with Crippen LogP contribution in [0.25, 0.3) is 22.3 Å². The van der Waals surface area contributed by atoms with Gasteiger partial charge in [0.2, 0.25) is 0 Å². The van der Waals surface area contributed by atoms with Gasteiger partial charge in [0, 0.05) is 6.07 Å². The molecular weight excluding hydrogens is 268 g/mol. The molecule has 0 aliphatic heterocycles. The highest BCUT2D eigenvalue weighted by molar-refractivity contribution is 6.32. The molecule has 2 heterocycles. The Labute approximate surface area is 112 Å². The lowest BCUT2D eigenvalue weighted by Gasteiger charge is -2.03. The van der Waals surface area contributed by atoms with E-state index in [-0.39, 0.29) is 16.4 Å². The maximum absolute atomic E-state index is 12.0. The second kappa shape index (κ2) is 4.40. The van der Waals surface area contributed by atoms with Gasteiger partial charge in [-0.3, -0.25) is 9.89 Å². The number of hydrogen-bond acceptors (Lipinski definition) is 4. The topological polar surface area (TPSA) is 83.7 Å². The molecular formula is C12H9ClN4O2. The molecule has 6 nitrogen and oxygen atoms in total. The van der Waals surface area contributed by atoms with E-state index in [9.17, 15) is 4.79 Å². The quantitative estimate of drug-likeness (QED) is 0.749. The second-order valence-corrected chi connectivity index (χ2v) is 4.27.